The van der Waals surface area contributed by atoms with Gasteiger partial charge in [-0.1, -0.05) is 48.5 Å². The largest absolute Gasteiger partial charge is 0.357 e. The molecule has 0 fully saturated rings. The van der Waals surface area contributed by atoms with Crippen molar-refractivity contribution in [3.63, 3.8) is 0 Å². The molecule has 0 amide bonds. The summed E-state index contributed by atoms with van der Waals surface area (Å²) in [5.41, 5.74) is 3.35. The van der Waals surface area contributed by atoms with Crippen molar-refractivity contribution in [3.8, 4) is 5.69 Å². The molecule has 3 rings (SSSR count). The third-order valence-corrected chi connectivity index (χ3v) is 3.72. The second kappa shape index (κ2) is 10.6. The van der Waals surface area contributed by atoms with Crippen molar-refractivity contribution in [1.29, 1.82) is 0 Å². The zero-order chi connectivity index (χ0) is 17.3. The third-order valence-electron chi connectivity index (χ3n) is 3.72. The summed E-state index contributed by atoms with van der Waals surface area (Å²) >= 11 is 0. The van der Waals surface area contributed by atoms with E-state index in [0.717, 1.165) is 30.3 Å². The molecule has 0 atom stereocenters. The molecule has 0 radical (unpaired) electrons. The highest BCUT2D eigenvalue weighted by Crippen LogP contribution is 2.08. The van der Waals surface area contributed by atoms with Crippen molar-refractivity contribution < 1.29 is 0 Å². The van der Waals surface area contributed by atoms with Gasteiger partial charge in [-0.3, -0.25) is 0 Å². The fourth-order valence-electron chi connectivity index (χ4n) is 2.46. The normalized spacial score (nSPS) is 10.9. The molecule has 0 aliphatic rings. The van der Waals surface area contributed by atoms with Crippen LogP contribution < -0.4 is 10.6 Å². The highest BCUT2D eigenvalue weighted by Gasteiger charge is 2.02. The van der Waals surface area contributed by atoms with Crippen molar-refractivity contribution in [2.24, 2.45) is 4.99 Å². The van der Waals surface area contributed by atoms with Gasteiger partial charge in [0.25, 0.3) is 0 Å². The second-order valence-corrected chi connectivity index (χ2v) is 5.66. The van der Waals surface area contributed by atoms with Crippen LogP contribution in [0.15, 0.2) is 78.0 Å². The van der Waals surface area contributed by atoms with Crippen molar-refractivity contribution >= 4 is 29.9 Å². The summed E-state index contributed by atoms with van der Waals surface area (Å²) < 4.78 is 1.87. The average Bonchev–Trinajstić information content (AvgIpc) is 3.15. The Kier molecular flexibility index (Phi) is 8.14. The third kappa shape index (κ3) is 5.87. The van der Waals surface area contributed by atoms with E-state index in [1.165, 1.54) is 5.56 Å². The topological polar surface area (TPSA) is 54.2 Å². The Morgan fingerprint density at radius 3 is 2.35 bits per heavy atom. The van der Waals surface area contributed by atoms with Crippen LogP contribution in [-0.4, -0.2) is 22.3 Å². The lowest BCUT2D eigenvalue weighted by molar-refractivity contribution is 0.816. The van der Waals surface area contributed by atoms with Crippen molar-refractivity contribution in [3.05, 3.63) is 84.2 Å². The molecule has 0 bridgehead atoms. The number of aliphatic imine (C=N–C) groups is 1. The van der Waals surface area contributed by atoms with Crippen molar-refractivity contribution in [2.45, 2.75) is 20.0 Å². The quantitative estimate of drug-likeness (QED) is 0.334. The number of para-hydroxylation sites is 1. The van der Waals surface area contributed by atoms with Gasteiger partial charge >= 0.3 is 0 Å². The van der Waals surface area contributed by atoms with E-state index in [1.807, 2.05) is 65.6 Å². The van der Waals surface area contributed by atoms with Crippen LogP contribution in [0.4, 0.5) is 0 Å². The van der Waals surface area contributed by atoms with Crippen LogP contribution in [0.2, 0.25) is 0 Å². The van der Waals surface area contributed by atoms with Gasteiger partial charge in [0.05, 0.1) is 18.4 Å². The number of rotatable bonds is 6. The van der Waals surface area contributed by atoms with Gasteiger partial charge in [0, 0.05) is 24.8 Å². The monoisotopic (exact) mass is 461 g/mol. The molecule has 1 heterocycles. The van der Waals surface area contributed by atoms with E-state index in [1.54, 1.807) is 0 Å². The minimum absolute atomic E-state index is 0. The van der Waals surface area contributed by atoms with E-state index >= 15 is 0 Å². The first kappa shape index (κ1) is 20.0. The minimum atomic E-state index is 0. The Hall–Kier alpha value is -2.35. The van der Waals surface area contributed by atoms with Gasteiger partial charge in [-0.25, -0.2) is 9.67 Å². The molecule has 0 saturated heterocycles. The summed E-state index contributed by atoms with van der Waals surface area (Å²) in [6.45, 7) is 4.21. The number of hydrogen-bond acceptors (Lipinski definition) is 2. The second-order valence-electron chi connectivity index (χ2n) is 5.66. The number of guanidine groups is 1. The van der Waals surface area contributed by atoms with Crippen LogP contribution in [0.1, 0.15) is 18.1 Å². The van der Waals surface area contributed by atoms with Gasteiger partial charge in [-0.15, -0.1) is 24.0 Å². The van der Waals surface area contributed by atoms with Gasteiger partial charge in [0.2, 0.25) is 0 Å². The maximum Gasteiger partial charge on any atom is 0.191 e. The maximum atomic E-state index is 4.65. The number of halogens is 1. The van der Waals surface area contributed by atoms with E-state index in [2.05, 4.69) is 39.8 Å². The first-order valence-electron chi connectivity index (χ1n) is 8.50. The first-order chi connectivity index (χ1) is 12.3. The Morgan fingerprint density at radius 1 is 0.962 bits per heavy atom. The highest BCUT2D eigenvalue weighted by molar-refractivity contribution is 14.0. The summed E-state index contributed by atoms with van der Waals surface area (Å²) in [5.74, 6) is 0.804. The smallest absolute Gasteiger partial charge is 0.191 e. The van der Waals surface area contributed by atoms with E-state index in [4.69, 9.17) is 0 Å². The molecule has 2 aromatic carbocycles. The lowest BCUT2D eigenvalue weighted by atomic mass is 10.2. The molecule has 6 heteroatoms. The SMILES string of the molecule is CCNC(=NCc1cnn(-c2ccccc2)c1)NCc1ccccc1.I. The number of benzene rings is 2. The molecule has 0 spiro atoms. The van der Waals surface area contributed by atoms with Crippen LogP contribution in [0, 0.1) is 0 Å². The Bertz CT molecular complexity index is 799. The summed E-state index contributed by atoms with van der Waals surface area (Å²) in [7, 11) is 0. The summed E-state index contributed by atoms with van der Waals surface area (Å²) in [6, 6.07) is 20.4. The average molecular weight is 461 g/mol. The van der Waals surface area contributed by atoms with Gasteiger partial charge in [0.1, 0.15) is 0 Å². The summed E-state index contributed by atoms with van der Waals surface area (Å²) in [6.07, 6.45) is 3.87. The summed E-state index contributed by atoms with van der Waals surface area (Å²) in [4.78, 5) is 4.65. The molecule has 3 aromatic rings. The van der Waals surface area contributed by atoms with E-state index in [0.29, 0.717) is 6.54 Å². The van der Waals surface area contributed by atoms with Crippen molar-refractivity contribution in [2.75, 3.05) is 6.54 Å². The molecule has 0 aliphatic carbocycles. The fraction of sp³-hybridized carbons (Fsp3) is 0.200. The number of aromatic nitrogens is 2. The molecular weight excluding hydrogens is 437 g/mol. The molecule has 1 aromatic heterocycles. The van der Waals surface area contributed by atoms with Gasteiger partial charge in [-0.2, -0.15) is 5.10 Å². The minimum Gasteiger partial charge on any atom is -0.357 e. The van der Waals surface area contributed by atoms with Crippen molar-refractivity contribution in [1.82, 2.24) is 20.4 Å². The highest BCUT2D eigenvalue weighted by atomic mass is 127. The molecule has 2 N–H and O–H groups in total. The van der Waals surface area contributed by atoms with E-state index in [9.17, 15) is 0 Å². The zero-order valence-electron chi connectivity index (χ0n) is 14.8. The summed E-state index contributed by atoms with van der Waals surface area (Å²) in [5, 5.41) is 11.0. The first-order valence-corrected chi connectivity index (χ1v) is 8.50. The van der Waals surface area contributed by atoms with Crippen LogP contribution in [-0.2, 0) is 13.1 Å². The number of nitrogens with one attached hydrogen (secondary N) is 2. The number of nitrogens with zero attached hydrogens (tertiary/aromatic N) is 3. The fourth-order valence-corrected chi connectivity index (χ4v) is 2.46. The maximum absolute atomic E-state index is 4.65. The van der Waals surface area contributed by atoms with Crippen LogP contribution in [0.3, 0.4) is 0 Å². The molecular formula is C20H24IN5. The van der Waals surface area contributed by atoms with E-state index in [-0.39, 0.29) is 24.0 Å². The Morgan fingerprint density at radius 2 is 1.65 bits per heavy atom. The molecule has 5 nitrogen and oxygen atoms in total. The van der Waals surface area contributed by atoms with Crippen LogP contribution >= 0.6 is 24.0 Å². The van der Waals surface area contributed by atoms with Crippen LogP contribution in [0.5, 0.6) is 0 Å². The molecule has 0 unspecified atom stereocenters. The lowest BCUT2D eigenvalue weighted by Crippen LogP contribution is -2.36. The molecule has 26 heavy (non-hydrogen) atoms. The van der Waals surface area contributed by atoms with Crippen LogP contribution in [0.25, 0.3) is 5.69 Å². The lowest BCUT2D eigenvalue weighted by Gasteiger charge is -2.11. The Labute approximate surface area is 171 Å². The Balaban J connectivity index is 0.00000243. The van der Waals surface area contributed by atoms with Gasteiger partial charge in [-0.05, 0) is 24.6 Å². The number of hydrogen-bond donors (Lipinski definition) is 2. The predicted octanol–water partition coefficient (Wildman–Crippen LogP) is 3.75. The standard InChI is InChI=1S/C20H23N5.HI/c1-2-21-20(22-13-17-9-5-3-6-10-17)23-14-18-15-24-25(16-18)19-11-7-4-8-12-19;/h3-12,15-16H,2,13-14H2,1H3,(H2,21,22,23);1H. The predicted molar refractivity (Wildman–Crippen MR) is 117 cm³/mol. The molecule has 136 valence electrons. The molecule has 0 saturated carbocycles. The zero-order valence-corrected chi connectivity index (χ0v) is 17.1. The van der Waals surface area contributed by atoms with Gasteiger partial charge in [0.15, 0.2) is 5.96 Å². The van der Waals surface area contributed by atoms with Gasteiger partial charge < -0.3 is 10.6 Å². The van der Waals surface area contributed by atoms with E-state index < -0.39 is 0 Å². The molecule has 0 aliphatic heterocycles.